The Balaban J connectivity index is 1.93. The molecule has 0 spiro atoms. The first kappa shape index (κ1) is 15.3. The van der Waals surface area contributed by atoms with Gasteiger partial charge >= 0.3 is 12.0 Å². The van der Waals surface area contributed by atoms with E-state index in [9.17, 15) is 9.59 Å². The van der Waals surface area contributed by atoms with Gasteiger partial charge in [0.1, 0.15) is 0 Å². The zero-order valence-corrected chi connectivity index (χ0v) is 12.0. The number of urea groups is 1. The normalized spacial score (nSPS) is 17.5. The third kappa shape index (κ3) is 4.19. The van der Waals surface area contributed by atoms with Gasteiger partial charge in [-0.15, -0.1) is 0 Å². The molecule has 1 fully saturated rings. The minimum absolute atomic E-state index is 0.0433. The van der Waals surface area contributed by atoms with Gasteiger partial charge in [-0.05, 0) is 17.5 Å². The number of ether oxygens (including phenoxy) is 1. The zero-order chi connectivity index (χ0) is 15.2. The van der Waals surface area contributed by atoms with Crippen LogP contribution in [0.5, 0.6) is 0 Å². The number of benzene rings is 1. The number of likely N-dealkylation sites (N-methyl/N-ethyl adjacent to an activating group) is 1. The van der Waals surface area contributed by atoms with Gasteiger partial charge in [-0.3, -0.25) is 4.79 Å². The van der Waals surface area contributed by atoms with E-state index in [0.717, 1.165) is 17.5 Å². The molecule has 2 amide bonds. The number of hydrogen-bond donors (Lipinski definition) is 2. The van der Waals surface area contributed by atoms with Gasteiger partial charge in [0, 0.05) is 20.2 Å². The van der Waals surface area contributed by atoms with E-state index in [1.807, 2.05) is 12.1 Å². The van der Waals surface area contributed by atoms with Gasteiger partial charge < -0.3 is 20.1 Å². The average Bonchev–Trinajstić information content (AvgIpc) is 2.98. The molecule has 0 aliphatic carbocycles. The Morgan fingerprint density at radius 2 is 2.10 bits per heavy atom. The predicted molar refractivity (Wildman–Crippen MR) is 77.0 cm³/mol. The first-order chi connectivity index (χ1) is 10.1. The lowest BCUT2D eigenvalue weighted by atomic mass is 10.0. The minimum Gasteiger partial charge on any atom is -0.481 e. The minimum atomic E-state index is -0.881. The van der Waals surface area contributed by atoms with Crippen LogP contribution in [0.15, 0.2) is 24.3 Å². The van der Waals surface area contributed by atoms with E-state index in [-0.39, 0.29) is 18.5 Å². The van der Waals surface area contributed by atoms with E-state index in [1.165, 1.54) is 0 Å². The van der Waals surface area contributed by atoms with Gasteiger partial charge in [-0.25, -0.2) is 4.79 Å². The number of carbonyl (C=O) groups excluding carboxylic acids is 1. The van der Waals surface area contributed by atoms with Crippen molar-refractivity contribution in [1.82, 2.24) is 10.2 Å². The number of hydrogen-bond acceptors (Lipinski definition) is 3. The summed E-state index contributed by atoms with van der Waals surface area (Å²) in [6.07, 6.45) is 0.803. The lowest BCUT2D eigenvalue weighted by Crippen LogP contribution is -2.43. The van der Waals surface area contributed by atoms with Crippen molar-refractivity contribution < 1.29 is 19.4 Å². The molecule has 6 heteroatoms. The van der Waals surface area contributed by atoms with Crippen molar-refractivity contribution in [3.63, 3.8) is 0 Å². The average molecular weight is 292 g/mol. The molecule has 1 saturated heterocycles. The van der Waals surface area contributed by atoms with Crippen LogP contribution in [0.1, 0.15) is 17.5 Å². The molecule has 2 N–H and O–H groups in total. The van der Waals surface area contributed by atoms with E-state index in [1.54, 1.807) is 24.1 Å². The molecule has 1 aliphatic heterocycles. The standard InChI is InChI=1S/C15H20N2O4/c1-17(13-6-7-21-10-13)15(20)16-9-12-5-3-2-4-11(12)8-14(18)19/h2-5,13H,6-10H2,1H3,(H,16,20)(H,18,19). The monoisotopic (exact) mass is 292 g/mol. The fourth-order valence-corrected chi connectivity index (χ4v) is 2.35. The Morgan fingerprint density at radius 3 is 2.71 bits per heavy atom. The van der Waals surface area contributed by atoms with Crippen LogP contribution in [0.2, 0.25) is 0 Å². The number of nitrogens with one attached hydrogen (secondary N) is 1. The fourth-order valence-electron chi connectivity index (χ4n) is 2.35. The van der Waals surface area contributed by atoms with Gasteiger partial charge in [0.2, 0.25) is 0 Å². The van der Waals surface area contributed by atoms with Crippen molar-refractivity contribution in [2.45, 2.75) is 25.4 Å². The van der Waals surface area contributed by atoms with Gasteiger partial charge in [-0.2, -0.15) is 0 Å². The van der Waals surface area contributed by atoms with Crippen molar-refractivity contribution in [3.05, 3.63) is 35.4 Å². The van der Waals surface area contributed by atoms with Crippen LogP contribution >= 0.6 is 0 Å². The molecule has 0 radical (unpaired) electrons. The predicted octanol–water partition coefficient (Wildman–Crippen LogP) is 1.24. The van der Waals surface area contributed by atoms with Gasteiger partial charge in [-0.1, -0.05) is 24.3 Å². The molecule has 0 aromatic heterocycles. The summed E-state index contributed by atoms with van der Waals surface area (Å²) in [6, 6.07) is 7.17. The highest BCUT2D eigenvalue weighted by Gasteiger charge is 2.23. The Kier molecular flexibility index (Phi) is 5.16. The molecule has 2 rings (SSSR count). The largest absolute Gasteiger partial charge is 0.481 e. The SMILES string of the molecule is CN(C(=O)NCc1ccccc1CC(=O)O)C1CCOC1. The van der Waals surface area contributed by atoms with Gasteiger partial charge in [0.25, 0.3) is 0 Å². The third-order valence-corrected chi connectivity index (χ3v) is 3.66. The highest BCUT2D eigenvalue weighted by molar-refractivity contribution is 5.74. The van der Waals surface area contributed by atoms with Crippen molar-refractivity contribution in [1.29, 1.82) is 0 Å². The number of aliphatic carboxylic acids is 1. The molecule has 1 aromatic rings. The number of carbonyl (C=O) groups is 2. The summed E-state index contributed by atoms with van der Waals surface area (Å²) >= 11 is 0. The maximum Gasteiger partial charge on any atom is 0.317 e. The molecule has 114 valence electrons. The first-order valence-electron chi connectivity index (χ1n) is 6.95. The molecule has 1 heterocycles. The number of amides is 2. The molecule has 1 aromatic carbocycles. The Hall–Kier alpha value is -2.08. The van der Waals surface area contributed by atoms with Crippen LogP contribution < -0.4 is 5.32 Å². The molecule has 1 unspecified atom stereocenters. The lowest BCUT2D eigenvalue weighted by molar-refractivity contribution is -0.136. The number of carboxylic acid groups (broad SMARTS) is 1. The second-order valence-corrected chi connectivity index (χ2v) is 5.13. The van der Waals surface area contributed by atoms with E-state index in [2.05, 4.69) is 5.32 Å². The molecular formula is C15H20N2O4. The number of carboxylic acids is 1. The summed E-state index contributed by atoms with van der Waals surface area (Å²) in [5.74, 6) is -0.881. The molecule has 1 atom stereocenters. The second-order valence-electron chi connectivity index (χ2n) is 5.13. The molecule has 6 nitrogen and oxygen atoms in total. The molecule has 0 bridgehead atoms. The van der Waals surface area contributed by atoms with Crippen LogP contribution in [0.3, 0.4) is 0 Å². The molecular weight excluding hydrogens is 272 g/mol. The zero-order valence-electron chi connectivity index (χ0n) is 12.0. The highest BCUT2D eigenvalue weighted by Crippen LogP contribution is 2.12. The van der Waals surface area contributed by atoms with Crippen molar-refractivity contribution in [2.24, 2.45) is 0 Å². The molecule has 21 heavy (non-hydrogen) atoms. The van der Waals surface area contributed by atoms with E-state index in [4.69, 9.17) is 9.84 Å². The van der Waals surface area contributed by atoms with Crippen LogP contribution in [0.25, 0.3) is 0 Å². The quantitative estimate of drug-likeness (QED) is 0.856. The maximum atomic E-state index is 12.1. The van der Waals surface area contributed by atoms with E-state index in [0.29, 0.717) is 19.8 Å². The maximum absolute atomic E-state index is 12.1. The summed E-state index contributed by atoms with van der Waals surface area (Å²) in [6.45, 7) is 1.57. The molecule has 1 aliphatic rings. The summed E-state index contributed by atoms with van der Waals surface area (Å²) < 4.78 is 5.27. The Labute approximate surface area is 123 Å². The van der Waals surface area contributed by atoms with Crippen LogP contribution in [0.4, 0.5) is 4.79 Å². The Morgan fingerprint density at radius 1 is 1.38 bits per heavy atom. The smallest absolute Gasteiger partial charge is 0.317 e. The number of nitrogens with zero attached hydrogens (tertiary/aromatic N) is 1. The van der Waals surface area contributed by atoms with Crippen molar-refractivity contribution >= 4 is 12.0 Å². The molecule has 0 saturated carbocycles. The van der Waals surface area contributed by atoms with Crippen LogP contribution in [0, 0.1) is 0 Å². The van der Waals surface area contributed by atoms with Crippen molar-refractivity contribution in [2.75, 3.05) is 20.3 Å². The van der Waals surface area contributed by atoms with Crippen molar-refractivity contribution in [3.8, 4) is 0 Å². The summed E-state index contributed by atoms with van der Waals surface area (Å²) in [4.78, 5) is 24.6. The summed E-state index contributed by atoms with van der Waals surface area (Å²) in [7, 11) is 1.75. The van der Waals surface area contributed by atoms with Crippen LogP contribution in [-0.2, 0) is 22.5 Å². The van der Waals surface area contributed by atoms with Gasteiger partial charge in [0.05, 0.1) is 19.1 Å². The van der Waals surface area contributed by atoms with E-state index < -0.39 is 5.97 Å². The number of rotatable bonds is 5. The second kappa shape index (κ2) is 7.08. The third-order valence-electron chi connectivity index (χ3n) is 3.66. The topological polar surface area (TPSA) is 78.9 Å². The van der Waals surface area contributed by atoms with Gasteiger partial charge in [0.15, 0.2) is 0 Å². The summed E-state index contributed by atoms with van der Waals surface area (Å²) in [5, 5.41) is 11.7. The highest BCUT2D eigenvalue weighted by atomic mass is 16.5. The Bertz CT molecular complexity index is 512. The van der Waals surface area contributed by atoms with Crippen LogP contribution in [-0.4, -0.2) is 48.3 Å². The summed E-state index contributed by atoms with van der Waals surface area (Å²) in [5.41, 5.74) is 1.54. The fraction of sp³-hybridized carbons (Fsp3) is 0.467. The first-order valence-corrected chi connectivity index (χ1v) is 6.95. The van der Waals surface area contributed by atoms with E-state index >= 15 is 0 Å². The lowest BCUT2D eigenvalue weighted by Gasteiger charge is -2.23.